The Morgan fingerprint density at radius 2 is 1.89 bits per heavy atom. The number of hydrogen-bond acceptors (Lipinski definition) is 2. The molecule has 0 aliphatic heterocycles. The van der Waals surface area contributed by atoms with Crippen LogP contribution in [0.3, 0.4) is 0 Å². The molecule has 106 valence electrons. The molecule has 0 aromatic heterocycles. The van der Waals surface area contributed by atoms with Crippen LogP contribution in [0.2, 0.25) is 0 Å². The normalized spacial score (nSPS) is 12.4. The van der Waals surface area contributed by atoms with Crippen LogP contribution in [0.25, 0.3) is 0 Å². The Bertz CT molecular complexity index is 362. The number of carbonyl (C=O) groups excluding carboxylic acids is 1. The third-order valence-corrected chi connectivity index (χ3v) is 3.18. The van der Waals surface area contributed by atoms with E-state index in [2.05, 4.69) is 31.3 Å². The quantitative estimate of drug-likeness (QED) is 0.707. The van der Waals surface area contributed by atoms with E-state index in [0.717, 1.165) is 25.8 Å². The molecule has 0 aliphatic rings. The third-order valence-electron chi connectivity index (χ3n) is 3.18. The van der Waals surface area contributed by atoms with Gasteiger partial charge in [-0.3, -0.25) is 4.79 Å². The highest BCUT2D eigenvalue weighted by molar-refractivity contribution is 5.81. The average molecular weight is 262 g/mol. The van der Waals surface area contributed by atoms with Gasteiger partial charge in [-0.05, 0) is 37.2 Å². The van der Waals surface area contributed by atoms with Gasteiger partial charge < -0.3 is 11.1 Å². The number of nitrogens with one attached hydrogen (secondary N) is 1. The standard InChI is InChI=1S/C16H26N2O/c1-13(2)7-6-12-18-16(19)15(17)11-10-14-8-4-3-5-9-14/h3-5,8-9,13,15H,6-7,10-12,17H2,1-2H3,(H,18,19)/t15-/m0/s1. The fraction of sp³-hybridized carbons (Fsp3) is 0.562. The Morgan fingerprint density at radius 3 is 2.53 bits per heavy atom. The van der Waals surface area contributed by atoms with Crippen molar-refractivity contribution in [2.75, 3.05) is 6.54 Å². The largest absolute Gasteiger partial charge is 0.355 e. The Hall–Kier alpha value is -1.35. The van der Waals surface area contributed by atoms with Gasteiger partial charge >= 0.3 is 0 Å². The first kappa shape index (κ1) is 15.7. The molecule has 0 spiro atoms. The van der Waals surface area contributed by atoms with E-state index in [4.69, 9.17) is 5.73 Å². The third kappa shape index (κ3) is 6.97. The summed E-state index contributed by atoms with van der Waals surface area (Å²) in [6, 6.07) is 9.73. The lowest BCUT2D eigenvalue weighted by molar-refractivity contribution is -0.122. The number of nitrogens with two attached hydrogens (primary N) is 1. The summed E-state index contributed by atoms with van der Waals surface area (Å²) < 4.78 is 0. The molecule has 0 aliphatic carbocycles. The molecular weight excluding hydrogens is 236 g/mol. The lowest BCUT2D eigenvalue weighted by Crippen LogP contribution is -2.41. The average Bonchev–Trinajstić information content (AvgIpc) is 2.41. The lowest BCUT2D eigenvalue weighted by atomic mass is 10.1. The molecule has 0 radical (unpaired) electrons. The highest BCUT2D eigenvalue weighted by Gasteiger charge is 2.12. The van der Waals surface area contributed by atoms with Crippen LogP contribution in [-0.2, 0) is 11.2 Å². The molecule has 3 nitrogen and oxygen atoms in total. The highest BCUT2D eigenvalue weighted by atomic mass is 16.2. The van der Waals surface area contributed by atoms with Crippen molar-refractivity contribution < 1.29 is 4.79 Å². The monoisotopic (exact) mass is 262 g/mol. The predicted octanol–water partition coefficient (Wildman–Crippen LogP) is 2.50. The zero-order valence-electron chi connectivity index (χ0n) is 12.1. The summed E-state index contributed by atoms with van der Waals surface area (Å²) in [5, 5.41) is 2.91. The lowest BCUT2D eigenvalue weighted by Gasteiger charge is -2.12. The summed E-state index contributed by atoms with van der Waals surface area (Å²) in [5.41, 5.74) is 7.12. The minimum absolute atomic E-state index is 0.0281. The van der Waals surface area contributed by atoms with Crippen LogP contribution in [0.15, 0.2) is 30.3 Å². The molecule has 0 unspecified atom stereocenters. The van der Waals surface area contributed by atoms with E-state index >= 15 is 0 Å². The highest BCUT2D eigenvalue weighted by Crippen LogP contribution is 2.05. The van der Waals surface area contributed by atoms with E-state index in [1.54, 1.807) is 0 Å². The van der Waals surface area contributed by atoms with Crippen molar-refractivity contribution in [3.8, 4) is 0 Å². The fourth-order valence-electron chi connectivity index (χ4n) is 1.95. The van der Waals surface area contributed by atoms with Gasteiger partial charge in [0.2, 0.25) is 5.91 Å². The van der Waals surface area contributed by atoms with E-state index in [9.17, 15) is 4.79 Å². The first-order valence-corrected chi connectivity index (χ1v) is 7.17. The summed E-state index contributed by atoms with van der Waals surface area (Å²) in [5.74, 6) is 0.656. The molecular formula is C16H26N2O. The SMILES string of the molecule is CC(C)CCCNC(=O)[C@@H](N)CCc1ccccc1. The van der Waals surface area contributed by atoms with E-state index in [0.29, 0.717) is 12.3 Å². The minimum atomic E-state index is -0.403. The first-order valence-electron chi connectivity index (χ1n) is 7.17. The molecule has 3 heteroatoms. The summed E-state index contributed by atoms with van der Waals surface area (Å²) in [4.78, 5) is 11.8. The molecule has 1 amide bonds. The van der Waals surface area contributed by atoms with Gasteiger partial charge in [-0.2, -0.15) is 0 Å². The van der Waals surface area contributed by atoms with Crippen molar-refractivity contribution in [1.29, 1.82) is 0 Å². The number of amides is 1. The summed E-state index contributed by atoms with van der Waals surface area (Å²) in [6.45, 7) is 5.11. The fourth-order valence-corrected chi connectivity index (χ4v) is 1.95. The number of hydrogen-bond donors (Lipinski definition) is 2. The molecule has 1 rings (SSSR count). The van der Waals surface area contributed by atoms with Crippen LogP contribution in [-0.4, -0.2) is 18.5 Å². The van der Waals surface area contributed by atoms with Crippen LogP contribution in [0, 0.1) is 5.92 Å². The van der Waals surface area contributed by atoms with Crippen LogP contribution >= 0.6 is 0 Å². The van der Waals surface area contributed by atoms with Crippen LogP contribution in [0.4, 0.5) is 0 Å². The molecule has 0 saturated heterocycles. The summed E-state index contributed by atoms with van der Waals surface area (Å²) in [6.07, 6.45) is 3.70. The second-order valence-corrected chi connectivity index (χ2v) is 5.46. The van der Waals surface area contributed by atoms with Crippen LogP contribution in [0.1, 0.15) is 38.7 Å². The summed E-state index contributed by atoms with van der Waals surface area (Å²) >= 11 is 0. The second-order valence-electron chi connectivity index (χ2n) is 5.46. The van der Waals surface area contributed by atoms with Crippen molar-refractivity contribution in [2.24, 2.45) is 11.7 Å². The van der Waals surface area contributed by atoms with E-state index in [-0.39, 0.29) is 5.91 Å². The molecule has 1 aromatic carbocycles. The van der Waals surface area contributed by atoms with Gasteiger partial charge in [0, 0.05) is 6.54 Å². The maximum absolute atomic E-state index is 11.8. The Morgan fingerprint density at radius 1 is 1.21 bits per heavy atom. The molecule has 3 N–H and O–H groups in total. The Labute approximate surface area is 116 Å². The van der Waals surface area contributed by atoms with Crippen molar-refractivity contribution in [2.45, 2.75) is 45.6 Å². The zero-order valence-corrected chi connectivity index (χ0v) is 12.1. The number of benzene rings is 1. The van der Waals surface area contributed by atoms with Crippen molar-refractivity contribution in [3.63, 3.8) is 0 Å². The first-order chi connectivity index (χ1) is 9.09. The van der Waals surface area contributed by atoms with Crippen molar-refractivity contribution in [1.82, 2.24) is 5.32 Å². The molecule has 0 saturated carbocycles. The predicted molar refractivity (Wildman–Crippen MR) is 79.8 cm³/mol. The molecule has 1 atom stereocenters. The van der Waals surface area contributed by atoms with E-state index < -0.39 is 6.04 Å². The number of carbonyl (C=O) groups is 1. The second kappa shape index (κ2) is 8.70. The smallest absolute Gasteiger partial charge is 0.236 e. The van der Waals surface area contributed by atoms with Gasteiger partial charge in [-0.15, -0.1) is 0 Å². The maximum Gasteiger partial charge on any atom is 0.236 e. The van der Waals surface area contributed by atoms with Crippen LogP contribution < -0.4 is 11.1 Å². The number of aryl methyl sites for hydroxylation is 1. The van der Waals surface area contributed by atoms with Gasteiger partial charge in [0.05, 0.1) is 6.04 Å². The zero-order chi connectivity index (χ0) is 14.1. The number of rotatable bonds is 8. The van der Waals surface area contributed by atoms with Crippen LogP contribution in [0.5, 0.6) is 0 Å². The van der Waals surface area contributed by atoms with Gasteiger partial charge in [0.1, 0.15) is 0 Å². The molecule has 0 bridgehead atoms. The minimum Gasteiger partial charge on any atom is -0.355 e. The van der Waals surface area contributed by atoms with Gasteiger partial charge in [-0.25, -0.2) is 0 Å². The van der Waals surface area contributed by atoms with Gasteiger partial charge in [-0.1, -0.05) is 44.2 Å². The van der Waals surface area contributed by atoms with Crippen molar-refractivity contribution in [3.05, 3.63) is 35.9 Å². The Balaban J connectivity index is 2.18. The van der Waals surface area contributed by atoms with Crippen molar-refractivity contribution >= 4 is 5.91 Å². The topological polar surface area (TPSA) is 55.1 Å². The van der Waals surface area contributed by atoms with Gasteiger partial charge in [0.15, 0.2) is 0 Å². The maximum atomic E-state index is 11.8. The molecule has 0 fully saturated rings. The molecule has 1 aromatic rings. The molecule has 0 heterocycles. The van der Waals surface area contributed by atoms with Gasteiger partial charge in [0.25, 0.3) is 0 Å². The van der Waals surface area contributed by atoms with E-state index in [1.807, 2.05) is 18.2 Å². The summed E-state index contributed by atoms with van der Waals surface area (Å²) in [7, 11) is 0. The Kier molecular flexibility index (Phi) is 7.19. The molecule has 19 heavy (non-hydrogen) atoms. The van der Waals surface area contributed by atoms with E-state index in [1.165, 1.54) is 5.56 Å².